The fraction of sp³-hybridized carbons (Fsp3) is 0.571. The predicted molar refractivity (Wildman–Crippen MR) is 130 cm³/mol. The van der Waals surface area contributed by atoms with Gasteiger partial charge in [0.2, 0.25) is 41.7 Å². The summed E-state index contributed by atoms with van der Waals surface area (Å²) < 4.78 is 4.57. The van der Waals surface area contributed by atoms with Crippen LogP contribution in [-0.2, 0) is 47.9 Å². The summed E-state index contributed by atoms with van der Waals surface area (Å²) in [5, 5.41) is 11.3. The number of ketones is 1. The normalized spacial score (nSPS) is 10.7. The van der Waals surface area contributed by atoms with E-state index in [0.717, 1.165) is 11.8 Å². The van der Waals surface area contributed by atoms with E-state index < -0.39 is 92.9 Å². The number of likely N-dealkylation sites (N-methyl/N-ethyl adjacent to an activating group) is 1. The molecule has 0 heterocycles. The molecule has 18 heteroatoms. The first-order valence-corrected chi connectivity index (χ1v) is 11.4. The van der Waals surface area contributed by atoms with Gasteiger partial charge in [-0.3, -0.25) is 48.9 Å². The number of carbonyl (C=O) groups excluding carboxylic acids is 9. The lowest BCUT2D eigenvalue weighted by atomic mass is 10.3. The number of nitrogens with one attached hydrogen (secondary N) is 5. The first-order valence-electron chi connectivity index (χ1n) is 11.4. The van der Waals surface area contributed by atoms with E-state index in [1.54, 1.807) is 0 Å². The molecule has 1 atom stereocenters. The molecule has 0 rings (SSSR count). The van der Waals surface area contributed by atoms with E-state index >= 15 is 0 Å². The predicted octanol–water partition coefficient (Wildman–Crippen LogP) is -5.73. The molecule has 0 aliphatic carbocycles. The van der Waals surface area contributed by atoms with Gasteiger partial charge in [0.05, 0.1) is 26.3 Å². The Hall–Kier alpha value is -4.61. The Balaban J connectivity index is 5.30. The lowest BCUT2D eigenvalue weighted by Gasteiger charge is -2.25. The molecule has 18 nitrogen and oxygen atoms in total. The van der Waals surface area contributed by atoms with Crippen molar-refractivity contribution in [3.8, 4) is 0 Å². The minimum absolute atomic E-state index is 0.294. The number of Topliss-reactive ketones (excluding diaryl/α,β-unsaturated/α-hetero) is 1. The lowest BCUT2D eigenvalue weighted by molar-refractivity contribution is -0.159. The second-order valence-corrected chi connectivity index (χ2v) is 7.91. The van der Waals surface area contributed by atoms with Crippen LogP contribution in [0.5, 0.6) is 0 Å². The monoisotopic (exact) mass is 558 g/mol. The maximum Gasteiger partial charge on any atom is 0.304 e. The average molecular weight is 559 g/mol. The smallest absolute Gasteiger partial charge is 0.304 e. The number of nitrogens with zero attached hydrogens (tertiary/aromatic N) is 2. The Morgan fingerprint density at radius 3 is 1.74 bits per heavy atom. The molecule has 0 saturated heterocycles. The molecule has 0 radical (unpaired) electrons. The van der Waals surface area contributed by atoms with Crippen LogP contribution < -0.4 is 32.3 Å². The molecule has 0 fully saturated rings. The molecule has 1 unspecified atom stereocenters. The highest BCUT2D eigenvalue weighted by molar-refractivity contribution is 5.93. The molecule has 0 spiro atoms. The number of esters is 1. The quantitative estimate of drug-likeness (QED) is 0.0768. The number of hydrogen-bond acceptors (Lipinski definition) is 11. The van der Waals surface area contributed by atoms with Crippen molar-refractivity contribution >= 4 is 53.1 Å². The van der Waals surface area contributed by atoms with Gasteiger partial charge in [0, 0.05) is 20.9 Å². The van der Waals surface area contributed by atoms with E-state index in [2.05, 4.69) is 31.3 Å². The Bertz CT molecular complexity index is 970. The molecular formula is C21H34N8O10. The van der Waals surface area contributed by atoms with Crippen molar-refractivity contribution in [3.63, 3.8) is 0 Å². The van der Waals surface area contributed by atoms with Crippen LogP contribution in [0.25, 0.3) is 0 Å². The summed E-state index contributed by atoms with van der Waals surface area (Å²) in [6.07, 6.45) is -1.79. The zero-order valence-electron chi connectivity index (χ0n) is 22.1. The number of carbonyl (C=O) groups is 9. The van der Waals surface area contributed by atoms with E-state index in [0.29, 0.717) is 4.90 Å². The molecule has 218 valence electrons. The van der Waals surface area contributed by atoms with Gasteiger partial charge >= 0.3 is 5.97 Å². The van der Waals surface area contributed by atoms with Gasteiger partial charge in [-0.15, -0.1) is 0 Å². The van der Waals surface area contributed by atoms with Crippen molar-refractivity contribution in [1.29, 1.82) is 0 Å². The summed E-state index contributed by atoms with van der Waals surface area (Å²) in [6, 6.07) is 0. The van der Waals surface area contributed by atoms with Gasteiger partial charge in [0.15, 0.2) is 0 Å². The molecule has 0 bridgehead atoms. The molecule has 7 N–H and O–H groups in total. The van der Waals surface area contributed by atoms with E-state index in [1.807, 2.05) is 0 Å². The zero-order chi connectivity index (χ0) is 30.1. The minimum atomic E-state index is -1.79. The summed E-state index contributed by atoms with van der Waals surface area (Å²) in [6.45, 7) is -0.403. The molecule has 7 amide bonds. The number of rotatable bonds is 16. The average Bonchev–Trinajstić information content (AvgIpc) is 2.85. The van der Waals surface area contributed by atoms with Crippen LogP contribution >= 0.6 is 0 Å². The largest absolute Gasteiger partial charge is 0.437 e. The molecule has 0 aromatic heterocycles. The van der Waals surface area contributed by atoms with E-state index in [1.165, 1.54) is 20.9 Å². The number of hydrogen-bond donors (Lipinski definition) is 6. The van der Waals surface area contributed by atoms with Gasteiger partial charge in [-0.1, -0.05) is 0 Å². The van der Waals surface area contributed by atoms with Crippen molar-refractivity contribution in [1.82, 2.24) is 36.4 Å². The topological polar surface area (TPSA) is 256 Å². The van der Waals surface area contributed by atoms with Crippen molar-refractivity contribution < 1.29 is 47.9 Å². The molecule has 0 aliphatic heterocycles. The summed E-state index contributed by atoms with van der Waals surface area (Å²) in [4.78, 5) is 108. The van der Waals surface area contributed by atoms with Crippen molar-refractivity contribution in [2.45, 2.75) is 27.0 Å². The third-order valence-electron chi connectivity index (χ3n) is 4.42. The van der Waals surface area contributed by atoms with Gasteiger partial charge in [-0.2, -0.15) is 0 Å². The van der Waals surface area contributed by atoms with Crippen LogP contribution in [-0.4, -0.2) is 122 Å². The second kappa shape index (κ2) is 17.8. The first kappa shape index (κ1) is 34.4. The Kier molecular flexibility index (Phi) is 15.7. The highest BCUT2D eigenvalue weighted by Crippen LogP contribution is 1.97. The van der Waals surface area contributed by atoms with Crippen LogP contribution in [0.3, 0.4) is 0 Å². The van der Waals surface area contributed by atoms with Gasteiger partial charge < -0.3 is 41.1 Å². The molecule has 0 saturated carbocycles. The lowest BCUT2D eigenvalue weighted by Crippen LogP contribution is -2.53. The van der Waals surface area contributed by atoms with E-state index in [4.69, 9.17) is 5.73 Å². The highest BCUT2D eigenvalue weighted by Gasteiger charge is 2.27. The van der Waals surface area contributed by atoms with Crippen LogP contribution in [0, 0.1) is 0 Å². The van der Waals surface area contributed by atoms with Gasteiger partial charge in [0.1, 0.15) is 25.4 Å². The Morgan fingerprint density at radius 1 is 0.692 bits per heavy atom. The van der Waals surface area contributed by atoms with E-state index in [-0.39, 0.29) is 12.3 Å². The number of amides is 7. The summed E-state index contributed by atoms with van der Waals surface area (Å²) in [5.74, 6) is -6.58. The molecule has 0 aliphatic rings. The van der Waals surface area contributed by atoms with Crippen molar-refractivity contribution in [3.05, 3.63) is 0 Å². The minimum Gasteiger partial charge on any atom is -0.437 e. The van der Waals surface area contributed by atoms with Crippen molar-refractivity contribution in [2.24, 2.45) is 5.73 Å². The highest BCUT2D eigenvalue weighted by atomic mass is 16.6. The van der Waals surface area contributed by atoms with E-state index in [9.17, 15) is 43.2 Å². The van der Waals surface area contributed by atoms with Crippen LogP contribution in [0.4, 0.5) is 0 Å². The molecule has 0 aromatic rings. The molecule has 0 aromatic carbocycles. The Labute approximate surface area is 223 Å². The van der Waals surface area contributed by atoms with Crippen LogP contribution in [0.1, 0.15) is 20.8 Å². The first-order chi connectivity index (χ1) is 18.2. The standard InChI is InChI=1S/C21H34N8O10/c1-12(30)5-25-18(36)10-29(11-27-15(33)6-24-13(2)31)19(37)7-26-17(35)9-28(8-16(34)23-4)21(38)20(22)39-14(3)32/h20H,5-11,22H2,1-4H3,(H,23,34)(H,24,31)(H,25,36)(H,26,35)(H,27,33). The third-order valence-corrected chi connectivity index (χ3v) is 4.42. The van der Waals surface area contributed by atoms with Crippen molar-refractivity contribution in [2.75, 3.05) is 53.0 Å². The second-order valence-electron chi connectivity index (χ2n) is 7.91. The summed E-state index contributed by atoms with van der Waals surface area (Å²) >= 11 is 0. The maximum absolute atomic E-state index is 12.7. The fourth-order valence-corrected chi connectivity index (χ4v) is 2.52. The summed E-state index contributed by atoms with van der Waals surface area (Å²) in [7, 11) is 1.28. The maximum atomic E-state index is 12.7. The molecular weight excluding hydrogens is 524 g/mol. The van der Waals surface area contributed by atoms with Gasteiger partial charge in [0.25, 0.3) is 5.91 Å². The fourth-order valence-electron chi connectivity index (χ4n) is 2.52. The summed E-state index contributed by atoms with van der Waals surface area (Å²) in [5.41, 5.74) is 5.48. The van der Waals surface area contributed by atoms with Crippen LogP contribution in [0.2, 0.25) is 0 Å². The Morgan fingerprint density at radius 2 is 1.23 bits per heavy atom. The molecule has 39 heavy (non-hydrogen) atoms. The SMILES string of the molecule is CNC(=O)CN(CC(=O)NCC(=O)N(CNC(=O)CNC(C)=O)CC(=O)NCC(C)=O)C(=O)C(N)OC(C)=O. The third kappa shape index (κ3) is 16.0. The van der Waals surface area contributed by atoms with Gasteiger partial charge in [-0.25, -0.2) is 0 Å². The number of nitrogens with two attached hydrogens (primary N) is 1. The van der Waals surface area contributed by atoms with Gasteiger partial charge in [-0.05, 0) is 6.92 Å². The zero-order valence-corrected chi connectivity index (χ0v) is 22.1. The number of ether oxygens (including phenoxy) is 1. The van der Waals surface area contributed by atoms with Crippen LogP contribution in [0.15, 0.2) is 0 Å².